The molecule has 7 rings (SSSR count). The minimum atomic E-state index is -4.27. The summed E-state index contributed by atoms with van der Waals surface area (Å²) >= 11 is 0. The molecule has 0 N–H and O–H groups in total. The van der Waals surface area contributed by atoms with Crippen molar-refractivity contribution in [3.8, 4) is 6.07 Å². The molecule has 3 aromatic rings. The molecule has 3 aromatic heterocycles. The Balaban J connectivity index is 1.38. The van der Waals surface area contributed by atoms with Crippen molar-refractivity contribution in [3.05, 3.63) is 63.1 Å². The van der Waals surface area contributed by atoms with E-state index in [2.05, 4.69) is 11.1 Å². The number of hydrogen-bond acceptors (Lipinski definition) is 6. The summed E-state index contributed by atoms with van der Waals surface area (Å²) in [5.41, 5.74) is -0.870. The summed E-state index contributed by atoms with van der Waals surface area (Å²) in [6.45, 7) is -0.635. The number of halogens is 3. The summed E-state index contributed by atoms with van der Waals surface area (Å²) in [5.74, 6) is 0.207. The quantitative estimate of drug-likeness (QED) is 0.527. The molecular formula is C26H24F3N5O2. The third kappa shape index (κ3) is 3.29. The average Bonchev–Trinajstić information content (AvgIpc) is 2.80. The average molecular weight is 499 g/mol. The van der Waals surface area contributed by atoms with Gasteiger partial charge >= 0.3 is 6.18 Å². The molecular weight excluding hydrogens is 471 g/mol. The molecule has 10 heteroatoms. The van der Waals surface area contributed by atoms with Gasteiger partial charge in [0.25, 0.3) is 0 Å². The monoisotopic (exact) mass is 498 g/mol. The van der Waals surface area contributed by atoms with Crippen LogP contribution in [0.5, 0.6) is 0 Å². The number of aromatic nitrogens is 4. The molecule has 36 heavy (non-hydrogen) atoms. The number of nitrogens with zero attached hydrogens (tertiary/aromatic N) is 5. The predicted molar refractivity (Wildman–Crippen MR) is 123 cm³/mol. The van der Waals surface area contributed by atoms with Crippen LogP contribution in [0.25, 0.3) is 11.0 Å². The van der Waals surface area contributed by atoms with E-state index in [-0.39, 0.29) is 25.2 Å². The van der Waals surface area contributed by atoms with Crippen molar-refractivity contribution in [2.75, 3.05) is 6.61 Å². The Morgan fingerprint density at radius 3 is 2.72 bits per heavy atom. The Morgan fingerprint density at radius 2 is 2.03 bits per heavy atom. The van der Waals surface area contributed by atoms with Gasteiger partial charge in [0.2, 0.25) is 5.56 Å². The molecule has 3 saturated carbocycles. The van der Waals surface area contributed by atoms with Crippen LogP contribution in [-0.4, -0.2) is 32.3 Å². The summed E-state index contributed by atoms with van der Waals surface area (Å²) < 4.78 is 70.4. The lowest BCUT2D eigenvalue weighted by atomic mass is 9.33. The maximum absolute atomic E-state index is 13.6. The molecule has 0 spiro atoms. The second kappa shape index (κ2) is 7.59. The molecule has 1 aliphatic heterocycles. The fraction of sp³-hybridized carbons (Fsp3) is 0.500. The van der Waals surface area contributed by atoms with Gasteiger partial charge in [-0.3, -0.25) is 4.79 Å². The number of ether oxygens (including phenoxy) is 1. The molecule has 2 bridgehead atoms. The van der Waals surface area contributed by atoms with E-state index < -0.39 is 35.6 Å². The number of nitriles is 1. The maximum atomic E-state index is 13.6. The van der Waals surface area contributed by atoms with Gasteiger partial charge in [-0.15, -0.1) is 0 Å². The highest BCUT2D eigenvalue weighted by molar-refractivity contribution is 5.81. The molecule has 2 atom stereocenters. The molecule has 0 unspecified atom stereocenters. The van der Waals surface area contributed by atoms with Crippen LogP contribution in [0.2, 0.25) is 0 Å². The van der Waals surface area contributed by atoms with Crippen LogP contribution >= 0.6 is 0 Å². The SMILES string of the molecule is [2H]C([2H])([2H])n1cc([C@H]2C[C@@H](c3nc(C45CC(C(F)(F)F)(C4)C5)c4cc(C#N)c(C)nc4n3)CCO2)ccc1=O. The highest BCUT2D eigenvalue weighted by atomic mass is 19.4. The first-order valence-electron chi connectivity index (χ1n) is 13.3. The van der Waals surface area contributed by atoms with Crippen LogP contribution in [0.3, 0.4) is 0 Å². The summed E-state index contributed by atoms with van der Waals surface area (Å²) in [6.07, 6.45) is -2.71. The van der Waals surface area contributed by atoms with E-state index in [0.717, 1.165) is 0 Å². The van der Waals surface area contributed by atoms with E-state index in [1.807, 2.05) is 0 Å². The van der Waals surface area contributed by atoms with Crippen molar-refractivity contribution in [1.82, 2.24) is 19.5 Å². The van der Waals surface area contributed by atoms with Gasteiger partial charge in [-0.05, 0) is 56.7 Å². The summed E-state index contributed by atoms with van der Waals surface area (Å²) in [6, 6.07) is 6.45. The number of aryl methyl sites for hydroxylation is 2. The van der Waals surface area contributed by atoms with Gasteiger partial charge in [-0.1, -0.05) is 0 Å². The van der Waals surface area contributed by atoms with E-state index in [0.29, 0.717) is 63.4 Å². The summed E-state index contributed by atoms with van der Waals surface area (Å²) in [5, 5.41) is 10.0. The minimum absolute atomic E-state index is 0.0438. The Bertz CT molecular complexity index is 1590. The first-order chi connectivity index (χ1) is 18.3. The lowest BCUT2D eigenvalue weighted by Gasteiger charge is -2.70. The zero-order valence-electron chi connectivity index (χ0n) is 22.4. The van der Waals surface area contributed by atoms with E-state index in [1.165, 1.54) is 18.3 Å². The van der Waals surface area contributed by atoms with Crippen molar-refractivity contribution in [1.29, 1.82) is 5.26 Å². The Kier molecular flexibility index (Phi) is 4.18. The molecule has 0 amide bonds. The topological polar surface area (TPSA) is 93.7 Å². The van der Waals surface area contributed by atoms with Crippen molar-refractivity contribution < 1.29 is 22.0 Å². The normalized spacial score (nSPS) is 30.9. The molecule has 4 aliphatic rings. The fourth-order valence-corrected chi connectivity index (χ4v) is 6.16. The zero-order valence-corrected chi connectivity index (χ0v) is 19.4. The highest BCUT2D eigenvalue weighted by Gasteiger charge is 2.79. The van der Waals surface area contributed by atoms with Crippen LogP contribution in [0.4, 0.5) is 13.2 Å². The molecule has 186 valence electrons. The van der Waals surface area contributed by atoms with Gasteiger partial charge in [0, 0.05) is 46.7 Å². The molecule has 4 heterocycles. The summed E-state index contributed by atoms with van der Waals surface area (Å²) in [7, 11) is 0. The number of fused-ring (bicyclic) bond motifs is 1. The van der Waals surface area contributed by atoms with Gasteiger partial charge in [0.05, 0.1) is 28.5 Å². The van der Waals surface area contributed by atoms with E-state index in [1.54, 1.807) is 13.0 Å². The van der Waals surface area contributed by atoms with Crippen molar-refractivity contribution in [2.24, 2.45) is 12.4 Å². The molecule has 4 fully saturated rings. The largest absolute Gasteiger partial charge is 0.394 e. The number of pyridine rings is 2. The smallest absolute Gasteiger partial charge is 0.373 e. The molecule has 7 nitrogen and oxygen atoms in total. The first-order valence-corrected chi connectivity index (χ1v) is 11.8. The number of alkyl halides is 3. The standard InChI is InChI=1S/C26H24F3N5O2/c1-14-17(9-30)7-18-21(24-11-25(12-24,13-24)26(27,28)29)32-22(33-23(18)31-14)15-5-6-36-19(8-15)16-3-4-20(35)34(2)10-16/h3-4,7,10,15,19H,5-6,8,11-13H2,1-2H3/t15-,19+,24?,25?/m0/s1/i2D3. The van der Waals surface area contributed by atoms with Crippen molar-refractivity contribution >= 4 is 11.0 Å². The second-order valence-electron chi connectivity index (χ2n) is 10.4. The van der Waals surface area contributed by atoms with Crippen LogP contribution in [0.1, 0.15) is 76.6 Å². The first kappa shape index (κ1) is 19.8. The maximum Gasteiger partial charge on any atom is 0.394 e. The fourth-order valence-electron chi connectivity index (χ4n) is 6.16. The highest BCUT2D eigenvalue weighted by Crippen LogP contribution is 2.78. The minimum Gasteiger partial charge on any atom is -0.373 e. The van der Waals surface area contributed by atoms with Gasteiger partial charge in [0.1, 0.15) is 11.9 Å². The predicted octanol–water partition coefficient (Wildman–Crippen LogP) is 4.52. The van der Waals surface area contributed by atoms with Crippen LogP contribution in [0, 0.1) is 23.7 Å². The van der Waals surface area contributed by atoms with Crippen LogP contribution in [-0.2, 0) is 17.1 Å². The van der Waals surface area contributed by atoms with Gasteiger partial charge in [-0.25, -0.2) is 15.0 Å². The van der Waals surface area contributed by atoms with E-state index >= 15 is 0 Å². The Morgan fingerprint density at radius 1 is 1.25 bits per heavy atom. The Hall–Kier alpha value is -3.32. The van der Waals surface area contributed by atoms with E-state index in [9.17, 15) is 23.2 Å². The van der Waals surface area contributed by atoms with Crippen LogP contribution in [0.15, 0.2) is 29.2 Å². The summed E-state index contributed by atoms with van der Waals surface area (Å²) in [4.78, 5) is 26.1. The molecule has 0 radical (unpaired) electrons. The lowest BCUT2D eigenvalue weighted by molar-refractivity contribution is -0.337. The number of hydrogen-bond donors (Lipinski definition) is 0. The third-order valence-electron chi connectivity index (χ3n) is 8.10. The van der Waals surface area contributed by atoms with Crippen LogP contribution < -0.4 is 5.56 Å². The Labute approximate surface area is 209 Å². The molecule has 1 saturated heterocycles. The molecule has 3 aliphatic carbocycles. The van der Waals surface area contributed by atoms with Gasteiger partial charge in [-0.2, -0.15) is 18.4 Å². The van der Waals surface area contributed by atoms with E-state index in [4.69, 9.17) is 18.8 Å². The van der Waals surface area contributed by atoms with Gasteiger partial charge in [0.15, 0.2) is 5.65 Å². The second-order valence-corrected chi connectivity index (χ2v) is 10.4. The number of rotatable bonds is 3. The zero-order chi connectivity index (χ0) is 28.0. The van der Waals surface area contributed by atoms with Crippen molar-refractivity contribution in [2.45, 2.75) is 62.6 Å². The third-order valence-corrected chi connectivity index (χ3v) is 8.10. The molecule has 0 aromatic carbocycles. The van der Waals surface area contributed by atoms with Gasteiger partial charge < -0.3 is 9.30 Å². The van der Waals surface area contributed by atoms with Crippen molar-refractivity contribution in [3.63, 3.8) is 0 Å². The lowest BCUT2D eigenvalue weighted by Crippen LogP contribution is -2.70.